The van der Waals surface area contributed by atoms with E-state index >= 15 is 0 Å². The van der Waals surface area contributed by atoms with E-state index in [0.717, 1.165) is 5.56 Å². The Labute approximate surface area is 161 Å². The van der Waals surface area contributed by atoms with E-state index in [4.69, 9.17) is 5.11 Å². The van der Waals surface area contributed by atoms with Gasteiger partial charge in [0.15, 0.2) is 5.16 Å². The van der Waals surface area contributed by atoms with Gasteiger partial charge in [-0.1, -0.05) is 29.0 Å². The molecule has 0 fully saturated rings. The Morgan fingerprint density at radius 3 is 2.61 bits per heavy atom. The number of benzene rings is 2. The van der Waals surface area contributed by atoms with Gasteiger partial charge in [0.2, 0.25) is 0 Å². The maximum Gasteiger partial charge on any atom is 0.335 e. The van der Waals surface area contributed by atoms with Gasteiger partial charge in [-0.25, -0.2) is 9.78 Å². The molecule has 0 aliphatic rings. The van der Waals surface area contributed by atoms with Crippen molar-refractivity contribution in [3.63, 3.8) is 0 Å². The fraction of sp³-hybridized carbons (Fsp3) is 0.0588. The van der Waals surface area contributed by atoms with Gasteiger partial charge in [-0.05, 0) is 41.1 Å². The van der Waals surface area contributed by atoms with Gasteiger partial charge in [0.25, 0.3) is 11.9 Å². The molecule has 0 radical (unpaired) electrons. The van der Waals surface area contributed by atoms with E-state index in [2.05, 4.69) is 35.9 Å². The number of nitrogens with zero attached hydrogens (tertiary/aromatic N) is 4. The summed E-state index contributed by atoms with van der Waals surface area (Å²) < 4.78 is 0. The average molecular weight is 395 g/mol. The van der Waals surface area contributed by atoms with Crippen molar-refractivity contribution in [1.82, 2.24) is 30.6 Å². The molecule has 0 bridgehead atoms. The van der Waals surface area contributed by atoms with Crippen LogP contribution in [0, 0.1) is 0 Å². The Kier molecular flexibility index (Phi) is 4.72. The van der Waals surface area contributed by atoms with Gasteiger partial charge in [0, 0.05) is 11.3 Å². The third-order valence-corrected chi connectivity index (χ3v) is 4.81. The van der Waals surface area contributed by atoms with Crippen LogP contribution in [0.5, 0.6) is 0 Å². The minimum absolute atomic E-state index is 0.112. The number of H-pyrrole nitrogens is 2. The largest absolute Gasteiger partial charge is 0.478 e. The first kappa shape index (κ1) is 17.7. The number of aromatic nitrogens is 6. The zero-order valence-electron chi connectivity index (χ0n) is 14.2. The lowest BCUT2D eigenvalue weighted by molar-refractivity contribution is 0.0697. The molecule has 0 spiro atoms. The maximum atomic E-state index is 12.1. The monoisotopic (exact) mass is 395 g/mol. The molecule has 4 N–H and O–H groups in total. The predicted octanol–water partition coefficient (Wildman–Crippen LogP) is 2.32. The number of hydrogen-bond donors (Lipinski definition) is 4. The van der Waals surface area contributed by atoms with E-state index in [9.17, 15) is 9.59 Å². The summed E-state index contributed by atoms with van der Waals surface area (Å²) >= 11 is 1.48. The second kappa shape index (κ2) is 7.48. The third kappa shape index (κ3) is 3.83. The number of fused-ring (bicyclic) bond motifs is 1. The van der Waals surface area contributed by atoms with Crippen LogP contribution in [-0.4, -0.2) is 47.6 Å². The topological polar surface area (TPSA) is 150 Å². The molecule has 2 aromatic carbocycles. The second-order valence-corrected chi connectivity index (χ2v) is 6.72. The Hall–Kier alpha value is -3.73. The number of rotatable bonds is 6. The predicted molar refractivity (Wildman–Crippen MR) is 101 cm³/mol. The van der Waals surface area contributed by atoms with E-state index in [1.807, 2.05) is 12.1 Å². The number of carbonyl (C=O) groups excluding carboxylic acids is 1. The van der Waals surface area contributed by atoms with E-state index < -0.39 is 5.97 Å². The molecular weight excluding hydrogens is 382 g/mol. The quantitative estimate of drug-likeness (QED) is 0.363. The first-order chi connectivity index (χ1) is 13.6. The molecule has 0 saturated heterocycles. The smallest absolute Gasteiger partial charge is 0.335 e. The number of aromatic amines is 2. The number of anilines is 1. The van der Waals surface area contributed by atoms with Crippen LogP contribution in [0.25, 0.3) is 11.0 Å². The zero-order valence-corrected chi connectivity index (χ0v) is 15.0. The average Bonchev–Trinajstić information content (AvgIpc) is 3.35. The van der Waals surface area contributed by atoms with E-state index in [0.29, 0.717) is 27.5 Å². The molecular formula is C17H13N7O3S. The Morgan fingerprint density at radius 2 is 1.89 bits per heavy atom. The highest BCUT2D eigenvalue weighted by atomic mass is 32.2. The molecule has 10 nitrogen and oxygen atoms in total. The number of tetrazole rings is 1. The number of thioether (sulfide) groups is 1. The lowest BCUT2D eigenvalue weighted by Crippen LogP contribution is -2.13. The highest BCUT2D eigenvalue weighted by Gasteiger charge is 2.10. The van der Waals surface area contributed by atoms with Gasteiger partial charge in [0.1, 0.15) is 0 Å². The van der Waals surface area contributed by atoms with Crippen LogP contribution in [0.1, 0.15) is 26.3 Å². The lowest BCUT2D eigenvalue weighted by atomic mass is 10.1. The summed E-state index contributed by atoms with van der Waals surface area (Å²) in [4.78, 5) is 30.7. The van der Waals surface area contributed by atoms with Crippen molar-refractivity contribution in [2.24, 2.45) is 0 Å². The number of amides is 1. The molecule has 28 heavy (non-hydrogen) atoms. The van der Waals surface area contributed by atoms with Crippen LogP contribution < -0.4 is 5.32 Å². The summed E-state index contributed by atoms with van der Waals surface area (Å²) in [5.74, 6) is -0.555. The van der Waals surface area contributed by atoms with Gasteiger partial charge in [-0.15, -0.1) is 5.10 Å². The molecule has 0 saturated carbocycles. The molecule has 0 atom stereocenters. The molecule has 1 amide bonds. The van der Waals surface area contributed by atoms with Crippen molar-refractivity contribution in [3.8, 4) is 0 Å². The number of hydrogen-bond acceptors (Lipinski definition) is 7. The first-order valence-corrected chi connectivity index (χ1v) is 9.06. The molecule has 11 heteroatoms. The van der Waals surface area contributed by atoms with Crippen LogP contribution in [-0.2, 0) is 5.75 Å². The van der Waals surface area contributed by atoms with Gasteiger partial charge in [-0.2, -0.15) is 5.21 Å². The van der Waals surface area contributed by atoms with Gasteiger partial charge >= 0.3 is 5.97 Å². The molecule has 140 valence electrons. The Balaban J connectivity index is 1.40. The molecule has 0 aliphatic carbocycles. The standard InChI is InChI=1S/C17H13N7O3S/c25-14(20-16-21-23-24-22-16)10-3-1-9(2-4-10)8-28-17-18-12-6-5-11(15(26)27)7-13(12)19-17/h1-7H,8H2,(H,18,19)(H,26,27)(H2,20,21,22,23,24,25). The summed E-state index contributed by atoms with van der Waals surface area (Å²) in [5, 5.41) is 25.2. The normalized spacial score (nSPS) is 10.9. The molecule has 2 heterocycles. The van der Waals surface area contributed by atoms with Crippen LogP contribution >= 0.6 is 11.8 Å². The molecule has 4 rings (SSSR count). The lowest BCUT2D eigenvalue weighted by Gasteiger charge is -2.03. The molecule has 2 aromatic heterocycles. The first-order valence-electron chi connectivity index (χ1n) is 8.08. The van der Waals surface area contributed by atoms with E-state index in [1.165, 1.54) is 17.8 Å². The van der Waals surface area contributed by atoms with Crippen LogP contribution in [0.15, 0.2) is 47.6 Å². The summed E-state index contributed by atoms with van der Waals surface area (Å²) in [6.45, 7) is 0. The van der Waals surface area contributed by atoms with Crippen molar-refractivity contribution in [2.45, 2.75) is 10.9 Å². The van der Waals surface area contributed by atoms with E-state index in [1.54, 1.807) is 24.3 Å². The van der Waals surface area contributed by atoms with Gasteiger partial charge in [-0.3, -0.25) is 10.1 Å². The van der Waals surface area contributed by atoms with Crippen molar-refractivity contribution in [2.75, 3.05) is 5.32 Å². The minimum Gasteiger partial charge on any atom is -0.478 e. The summed E-state index contributed by atoms with van der Waals surface area (Å²) in [6, 6.07) is 11.9. The van der Waals surface area contributed by atoms with Crippen LogP contribution in [0.3, 0.4) is 0 Å². The summed E-state index contributed by atoms with van der Waals surface area (Å²) in [7, 11) is 0. The Morgan fingerprint density at radius 1 is 1.11 bits per heavy atom. The van der Waals surface area contributed by atoms with Crippen LogP contribution in [0.2, 0.25) is 0 Å². The summed E-state index contributed by atoms with van der Waals surface area (Å²) in [6.07, 6.45) is 0. The third-order valence-electron chi connectivity index (χ3n) is 3.87. The SMILES string of the molecule is O=C(O)c1ccc2nc(SCc3ccc(C(=O)Nc4nn[nH]n4)cc3)[nH]c2c1. The summed E-state index contributed by atoms with van der Waals surface area (Å²) in [5.41, 5.74) is 3.08. The number of carbonyl (C=O) groups is 2. The molecule has 0 aliphatic heterocycles. The highest BCUT2D eigenvalue weighted by Crippen LogP contribution is 2.24. The van der Waals surface area contributed by atoms with Crippen molar-refractivity contribution >= 4 is 40.6 Å². The van der Waals surface area contributed by atoms with Crippen molar-refractivity contribution in [3.05, 3.63) is 59.2 Å². The number of aromatic carboxylic acids is 1. The van der Waals surface area contributed by atoms with E-state index in [-0.39, 0.29) is 17.4 Å². The maximum absolute atomic E-state index is 12.1. The minimum atomic E-state index is -0.978. The fourth-order valence-corrected chi connectivity index (χ4v) is 3.32. The number of nitrogens with one attached hydrogen (secondary N) is 3. The molecule has 0 unspecified atom stereocenters. The van der Waals surface area contributed by atoms with Gasteiger partial charge in [0.05, 0.1) is 16.6 Å². The van der Waals surface area contributed by atoms with Crippen LogP contribution in [0.4, 0.5) is 5.95 Å². The fourth-order valence-electron chi connectivity index (χ4n) is 2.48. The molecule has 4 aromatic rings. The number of carboxylic acids is 1. The Bertz CT molecular complexity index is 1140. The zero-order chi connectivity index (χ0) is 19.5. The van der Waals surface area contributed by atoms with Gasteiger partial charge < -0.3 is 10.1 Å². The number of imidazole rings is 1. The highest BCUT2D eigenvalue weighted by molar-refractivity contribution is 7.98. The second-order valence-electron chi connectivity index (χ2n) is 5.75. The van der Waals surface area contributed by atoms with Crippen molar-refractivity contribution < 1.29 is 14.7 Å². The number of carboxylic acid groups (broad SMARTS) is 1. The van der Waals surface area contributed by atoms with Crippen molar-refractivity contribution in [1.29, 1.82) is 0 Å².